The minimum atomic E-state index is 0.601. The first kappa shape index (κ1) is 11.7. The van der Waals surface area contributed by atoms with Crippen molar-refractivity contribution in [1.29, 1.82) is 0 Å². The lowest BCUT2D eigenvalue weighted by molar-refractivity contribution is 0.189. The average Bonchev–Trinajstić information content (AvgIpc) is 2.80. The molecule has 0 saturated carbocycles. The Labute approximate surface area is 97.8 Å². The van der Waals surface area contributed by atoms with E-state index in [-0.39, 0.29) is 0 Å². The maximum absolute atomic E-state index is 5.06. The first-order valence-corrected chi connectivity index (χ1v) is 6.18. The molecule has 3 heteroatoms. The zero-order valence-corrected chi connectivity index (χ0v) is 10.3. The van der Waals surface area contributed by atoms with E-state index in [0.29, 0.717) is 6.04 Å². The molecule has 0 radical (unpaired) electrons. The summed E-state index contributed by atoms with van der Waals surface area (Å²) in [5.41, 5.74) is 1.24. The Morgan fingerprint density at radius 2 is 2.25 bits per heavy atom. The van der Waals surface area contributed by atoms with Gasteiger partial charge >= 0.3 is 0 Å². The molecular weight excluding hydrogens is 200 g/mol. The van der Waals surface area contributed by atoms with E-state index in [0.717, 1.165) is 12.5 Å². The van der Waals surface area contributed by atoms with Crippen molar-refractivity contribution >= 4 is 0 Å². The van der Waals surface area contributed by atoms with Crippen LogP contribution in [-0.2, 0) is 6.54 Å². The van der Waals surface area contributed by atoms with E-state index in [9.17, 15) is 0 Å². The quantitative estimate of drug-likeness (QED) is 0.845. The standard InChI is InChI=1S/C13H22N2O/c1-11(13-3-6-15(2)7-4-13)14-9-12-5-8-16-10-12/h5,8,10-11,13-14H,3-4,6-7,9H2,1-2H3. The highest BCUT2D eigenvalue weighted by Crippen LogP contribution is 2.19. The van der Waals surface area contributed by atoms with Gasteiger partial charge in [-0.1, -0.05) is 0 Å². The van der Waals surface area contributed by atoms with Crippen molar-refractivity contribution in [2.75, 3.05) is 20.1 Å². The van der Waals surface area contributed by atoms with Crippen molar-refractivity contribution in [2.45, 2.75) is 32.4 Å². The van der Waals surface area contributed by atoms with E-state index < -0.39 is 0 Å². The normalized spacial score (nSPS) is 21.1. The molecule has 2 heterocycles. The summed E-state index contributed by atoms with van der Waals surface area (Å²) < 4.78 is 5.06. The number of likely N-dealkylation sites (tertiary alicyclic amines) is 1. The summed E-state index contributed by atoms with van der Waals surface area (Å²) in [4.78, 5) is 2.42. The van der Waals surface area contributed by atoms with Crippen LogP contribution in [0, 0.1) is 5.92 Å². The zero-order chi connectivity index (χ0) is 11.4. The predicted octanol–water partition coefficient (Wildman–Crippen LogP) is 2.10. The van der Waals surface area contributed by atoms with Crippen molar-refractivity contribution in [1.82, 2.24) is 10.2 Å². The molecule has 3 nitrogen and oxygen atoms in total. The third-order valence-electron chi connectivity index (χ3n) is 3.68. The van der Waals surface area contributed by atoms with E-state index >= 15 is 0 Å². The van der Waals surface area contributed by atoms with Gasteiger partial charge in [-0.05, 0) is 51.9 Å². The van der Waals surface area contributed by atoms with Crippen molar-refractivity contribution in [3.8, 4) is 0 Å². The van der Waals surface area contributed by atoms with Gasteiger partial charge in [0.2, 0.25) is 0 Å². The summed E-state index contributed by atoms with van der Waals surface area (Å²) in [5, 5.41) is 3.59. The number of hydrogen-bond donors (Lipinski definition) is 1. The Bertz CT molecular complexity index is 289. The molecule has 16 heavy (non-hydrogen) atoms. The number of rotatable bonds is 4. The first-order valence-electron chi connectivity index (χ1n) is 6.18. The van der Waals surface area contributed by atoms with Crippen LogP contribution < -0.4 is 5.32 Å². The summed E-state index contributed by atoms with van der Waals surface area (Å²) in [5.74, 6) is 0.822. The monoisotopic (exact) mass is 222 g/mol. The predicted molar refractivity (Wildman–Crippen MR) is 65.2 cm³/mol. The molecular formula is C13H22N2O. The van der Waals surface area contributed by atoms with Gasteiger partial charge in [-0.2, -0.15) is 0 Å². The van der Waals surface area contributed by atoms with E-state index in [1.807, 2.05) is 12.3 Å². The molecule has 1 aromatic rings. The Hall–Kier alpha value is -0.800. The highest BCUT2D eigenvalue weighted by Gasteiger charge is 2.21. The molecule has 1 saturated heterocycles. The second kappa shape index (κ2) is 5.51. The number of piperidine rings is 1. The minimum absolute atomic E-state index is 0.601. The van der Waals surface area contributed by atoms with Crippen molar-refractivity contribution < 1.29 is 4.42 Å². The highest BCUT2D eigenvalue weighted by atomic mass is 16.3. The van der Waals surface area contributed by atoms with Crippen LogP contribution >= 0.6 is 0 Å². The zero-order valence-electron chi connectivity index (χ0n) is 10.3. The summed E-state index contributed by atoms with van der Waals surface area (Å²) in [6, 6.07) is 2.62. The topological polar surface area (TPSA) is 28.4 Å². The summed E-state index contributed by atoms with van der Waals surface area (Å²) >= 11 is 0. The molecule has 1 N–H and O–H groups in total. The van der Waals surface area contributed by atoms with Crippen LogP contribution in [0.2, 0.25) is 0 Å². The van der Waals surface area contributed by atoms with Gasteiger partial charge in [0, 0.05) is 18.2 Å². The maximum atomic E-state index is 5.06. The summed E-state index contributed by atoms with van der Waals surface area (Å²) in [6.07, 6.45) is 6.18. The van der Waals surface area contributed by atoms with Gasteiger partial charge in [0.1, 0.15) is 0 Å². The van der Waals surface area contributed by atoms with E-state index in [1.54, 1.807) is 6.26 Å². The summed E-state index contributed by atoms with van der Waals surface area (Å²) in [6.45, 7) is 5.70. The lowest BCUT2D eigenvalue weighted by Gasteiger charge is -2.33. The van der Waals surface area contributed by atoms with Gasteiger partial charge in [0.05, 0.1) is 12.5 Å². The second-order valence-electron chi connectivity index (χ2n) is 4.94. The SMILES string of the molecule is CC(NCc1ccoc1)C1CCN(C)CC1. The molecule has 1 aromatic heterocycles. The molecule has 1 aliphatic rings. The van der Waals surface area contributed by atoms with Crippen LogP contribution in [-0.4, -0.2) is 31.1 Å². The molecule has 90 valence electrons. The van der Waals surface area contributed by atoms with Crippen molar-refractivity contribution in [3.05, 3.63) is 24.2 Å². The molecule has 0 aliphatic carbocycles. The number of nitrogens with zero attached hydrogens (tertiary/aromatic N) is 1. The van der Waals surface area contributed by atoms with E-state index in [2.05, 4.69) is 24.2 Å². The van der Waals surface area contributed by atoms with Gasteiger partial charge < -0.3 is 14.6 Å². The Morgan fingerprint density at radius 1 is 1.50 bits per heavy atom. The fraction of sp³-hybridized carbons (Fsp3) is 0.692. The van der Waals surface area contributed by atoms with E-state index in [4.69, 9.17) is 4.42 Å². The van der Waals surface area contributed by atoms with Crippen LogP contribution in [0.1, 0.15) is 25.3 Å². The smallest absolute Gasteiger partial charge is 0.0947 e. The number of nitrogens with one attached hydrogen (secondary N) is 1. The maximum Gasteiger partial charge on any atom is 0.0947 e. The van der Waals surface area contributed by atoms with E-state index in [1.165, 1.54) is 31.5 Å². The molecule has 1 unspecified atom stereocenters. The second-order valence-corrected chi connectivity index (χ2v) is 4.94. The first-order chi connectivity index (χ1) is 7.75. The molecule has 0 bridgehead atoms. The average molecular weight is 222 g/mol. The fourth-order valence-electron chi connectivity index (χ4n) is 2.37. The highest BCUT2D eigenvalue weighted by molar-refractivity contribution is 5.04. The Balaban J connectivity index is 1.73. The fourth-order valence-corrected chi connectivity index (χ4v) is 2.37. The van der Waals surface area contributed by atoms with Crippen LogP contribution in [0.25, 0.3) is 0 Å². The van der Waals surface area contributed by atoms with Crippen molar-refractivity contribution in [2.24, 2.45) is 5.92 Å². The molecule has 2 rings (SSSR count). The third kappa shape index (κ3) is 3.09. The Kier molecular flexibility index (Phi) is 4.02. The molecule has 0 amide bonds. The van der Waals surface area contributed by atoms with Gasteiger partial charge in [0.15, 0.2) is 0 Å². The van der Waals surface area contributed by atoms with Gasteiger partial charge in [-0.15, -0.1) is 0 Å². The molecule has 1 aliphatic heterocycles. The molecule has 1 fully saturated rings. The Morgan fingerprint density at radius 3 is 2.88 bits per heavy atom. The molecule has 0 spiro atoms. The van der Waals surface area contributed by atoms with Crippen LogP contribution in [0.15, 0.2) is 23.0 Å². The molecule has 0 aromatic carbocycles. The minimum Gasteiger partial charge on any atom is -0.472 e. The van der Waals surface area contributed by atoms with Crippen LogP contribution in [0.4, 0.5) is 0 Å². The lowest BCUT2D eigenvalue weighted by atomic mass is 9.90. The van der Waals surface area contributed by atoms with Crippen LogP contribution in [0.3, 0.4) is 0 Å². The third-order valence-corrected chi connectivity index (χ3v) is 3.68. The van der Waals surface area contributed by atoms with Crippen molar-refractivity contribution in [3.63, 3.8) is 0 Å². The largest absolute Gasteiger partial charge is 0.472 e. The van der Waals surface area contributed by atoms with Gasteiger partial charge in [-0.3, -0.25) is 0 Å². The van der Waals surface area contributed by atoms with Crippen LogP contribution in [0.5, 0.6) is 0 Å². The lowest BCUT2D eigenvalue weighted by Crippen LogP contribution is -2.40. The summed E-state index contributed by atoms with van der Waals surface area (Å²) in [7, 11) is 2.21. The number of hydrogen-bond acceptors (Lipinski definition) is 3. The van der Waals surface area contributed by atoms with Gasteiger partial charge in [0.25, 0.3) is 0 Å². The van der Waals surface area contributed by atoms with Gasteiger partial charge in [-0.25, -0.2) is 0 Å². The molecule has 1 atom stereocenters. The number of furan rings is 1.